The predicted octanol–water partition coefficient (Wildman–Crippen LogP) is 4.66. The van der Waals surface area contributed by atoms with Gasteiger partial charge in [0.1, 0.15) is 5.76 Å². The third-order valence-corrected chi connectivity index (χ3v) is 5.99. The number of carbonyl (C=O) groups is 2. The Morgan fingerprint density at radius 1 is 0.861 bits per heavy atom. The van der Waals surface area contributed by atoms with Crippen LogP contribution < -0.4 is 10.2 Å². The summed E-state index contributed by atoms with van der Waals surface area (Å²) >= 11 is 0. The molecular formula is C26H22N4O6. The smallest absolute Gasteiger partial charge is 0.291 e. The summed E-state index contributed by atoms with van der Waals surface area (Å²) in [6.45, 7) is 2.52. The zero-order chi connectivity index (χ0) is 25.1. The molecule has 4 aromatic rings. The van der Waals surface area contributed by atoms with Crippen LogP contribution in [0.15, 0.2) is 87.9 Å². The highest BCUT2D eigenvalue weighted by atomic mass is 16.6. The second kappa shape index (κ2) is 9.79. The van der Waals surface area contributed by atoms with Crippen LogP contribution in [0.3, 0.4) is 0 Å². The summed E-state index contributed by atoms with van der Waals surface area (Å²) in [6, 6.07) is 20.0. The van der Waals surface area contributed by atoms with Gasteiger partial charge >= 0.3 is 0 Å². The maximum atomic E-state index is 12.7. The highest BCUT2D eigenvalue weighted by molar-refractivity contribution is 6.02. The number of hydrogen-bond acceptors (Lipinski definition) is 7. The number of nitrogens with zero attached hydrogens (tertiary/aromatic N) is 3. The predicted molar refractivity (Wildman–Crippen MR) is 132 cm³/mol. The van der Waals surface area contributed by atoms with Gasteiger partial charge in [-0.1, -0.05) is 12.1 Å². The molecule has 2 amide bonds. The second-order valence-corrected chi connectivity index (χ2v) is 8.20. The van der Waals surface area contributed by atoms with Crippen molar-refractivity contribution in [3.8, 4) is 11.3 Å². The van der Waals surface area contributed by atoms with Gasteiger partial charge in [-0.3, -0.25) is 19.7 Å². The Labute approximate surface area is 205 Å². The molecular weight excluding hydrogens is 464 g/mol. The fourth-order valence-electron chi connectivity index (χ4n) is 4.12. The lowest BCUT2D eigenvalue weighted by atomic mass is 10.1. The molecule has 2 aromatic carbocycles. The van der Waals surface area contributed by atoms with E-state index in [0.29, 0.717) is 43.2 Å². The molecule has 0 unspecified atom stereocenters. The van der Waals surface area contributed by atoms with Crippen LogP contribution in [0.1, 0.15) is 21.1 Å². The third-order valence-electron chi connectivity index (χ3n) is 5.99. The summed E-state index contributed by atoms with van der Waals surface area (Å²) in [5.41, 5.74) is 1.77. The van der Waals surface area contributed by atoms with Crippen LogP contribution in [0.4, 0.5) is 17.1 Å². The first-order valence-electron chi connectivity index (χ1n) is 11.3. The fourth-order valence-corrected chi connectivity index (χ4v) is 4.12. The van der Waals surface area contributed by atoms with Gasteiger partial charge in [0.25, 0.3) is 17.5 Å². The van der Waals surface area contributed by atoms with Crippen LogP contribution in [0.5, 0.6) is 0 Å². The summed E-state index contributed by atoms with van der Waals surface area (Å²) in [5.74, 6) is 0.0598. The Kier molecular flexibility index (Phi) is 6.23. The zero-order valence-corrected chi connectivity index (χ0v) is 19.1. The van der Waals surface area contributed by atoms with E-state index in [-0.39, 0.29) is 23.1 Å². The van der Waals surface area contributed by atoms with E-state index in [1.54, 1.807) is 47.4 Å². The number of para-hydroxylation sites is 1. The highest BCUT2D eigenvalue weighted by Crippen LogP contribution is 2.31. The van der Waals surface area contributed by atoms with E-state index in [4.69, 9.17) is 8.83 Å². The molecule has 3 heterocycles. The SMILES string of the molecule is O=C(Nc1ccc(N2CCN(C(=O)c3ccco3)CC2)cc1)c1ccc(-c2ccccc2[N+](=O)[O-])o1. The number of piperazine rings is 1. The quantitative estimate of drug-likeness (QED) is 0.311. The number of amides is 2. The van der Waals surface area contributed by atoms with Gasteiger partial charge in [-0.05, 0) is 54.6 Å². The first-order valence-corrected chi connectivity index (χ1v) is 11.3. The van der Waals surface area contributed by atoms with E-state index in [0.717, 1.165) is 5.69 Å². The lowest BCUT2D eigenvalue weighted by Crippen LogP contribution is -2.48. The van der Waals surface area contributed by atoms with Crippen molar-refractivity contribution < 1.29 is 23.3 Å². The Morgan fingerprint density at radius 3 is 2.31 bits per heavy atom. The number of anilines is 2. The minimum absolute atomic E-state index is 0.0459. The largest absolute Gasteiger partial charge is 0.459 e. The number of nitro groups is 1. The van der Waals surface area contributed by atoms with Crippen LogP contribution >= 0.6 is 0 Å². The fraction of sp³-hybridized carbons (Fsp3) is 0.154. The number of furan rings is 2. The average Bonchev–Trinajstić information content (AvgIpc) is 3.62. The maximum Gasteiger partial charge on any atom is 0.291 e. The molecule has 1 aliphatic rings. The molecule has 1 saturated heterocycles. The summed E-state index contributed by atoms with van der Waals surface area (Å²) in [5, 5.41) is 14.1. The molecule has 0 saturated carbocycles. The van der Waals surface area contributed by atoms with Crippen molar-refractivity contribution in [3.05, 3.63) is 101 Å². The number of rotatable bonds is 6. The van der Waals surface area contributed by atoms with Gasteiger partial charge in [0.15, 0.2) is 11.5 Å². The summed E-state index contributed by atoms with van der Waals surface area (Å²) in [4.78, 5) is 39.8. The maximum absolute atomic E-state index is 12.7. The van der Waals surface area contributed by atoms with Crippen molar-refractivity contribution in [3.63, 3.8) is 0 Å². The van der Waals surface area contributed by atoms with Gasteiger partial charge in [0, 0.05) is 43.6 Å². The minimum atomic E-state index is -0.490. The molecule has 1 N–H and O–H groups in total. The van der Waals surface area contributed by atoms with Gasteiger partial charge in [0.05, 0.1) is 16.7 Å². The van der Waals surface area contributed by atoms with E-state index in [2.05, 4.69) is 10.2 Å². The molecule has 0 bridgehead atoms. The number of hydrogen-bond donors (Lipinski definition) is 1. The van der Waals surface area contributed by atoms with Gasteiger partial charge < -0.3 is 24.0 Å². The number of carbonyl (C=O) groups excluding carboxylic acids is 2. The van der Waals surface area contributed by atoms with Crippen LogP contribution in [0, 0.1) is 10.1 Å². The molecule has 36 heavy (non-hydrogen) atoms. The minimum Gasteiger partial charge on any atom is -0.459 e. The van der Waals surface area contributed by atoms with Crippen LogP contribution in [0.2, 0.25) is 0 Å². The van der Waals surface area contributed by atoms with Crippen molar-refractivity contribution in [2.24, 2.45) is 0 Å². The molecule has 5 rings (SSSR count). The normalized spacial score (nSPS) is 13.4. The first-order chi connectivity index (χ1) is 17.5. The number of benzene rings is 2. The first kappa shape index (κ1) is 22.9. The van der Waals surface area contributed by atoms with E-state index in [1.165, 1.54) is 24.5 Å². The van der Waals surface area contributed by atoms with Gasteiger partial charge in [0.2, 0.25) is 0 Å². The average molecular weight is 486 g/mol. The molecule has 0 spiro atoms. The van der Waals surface area contributed by atoms with E-state index in [9.17, 15) is 19.7 Å². The van der Waals surface area contributed by atoms with Crippen LogP contribution in [-0.2, 0) is 0 Å². The molecule has 10 nitrogen and oxygen atoms in total. The molecule has 0 radical (unpaired) electrons. The van der Waals surface area contributed by atoms with E-state index in [1.807, 2.05) is 12.1 Å². The molecule has 0 atom stereocenters. The number of nitro benzene ring substituents is 1. The standard InChI is InChI=1S/C26H22N4O6/c31-25(23-12-11-22(36-23)20-4-1-2-5-21(20)30(33)34)27-18-7-9-19(10-8-18)28-13-15-29(16-14-28)26(32)24-6-3-17-35-24/h1-12,17H,13-16H2,(H,27,31). The van der Waals surface area contributed by atoms with Crippen molar-refractivity contribution >= 4 is 28.9 Å². The van der Waals surface area contributed by atoms with Crippen LogP contribution in [0.25, 0.3) is 11.3 Å². The third kappa shape index (κ3) is 4.69. The second-order valence-electron chi connectivity index (χ2n) is 8.20. The van der Waals surface area contributed by atoms with Gasteiger partial charge in [-0.25, -0.2) is 0 Å². The van der Waals surface area contributed by atoms with Crippen LogP contribution in [-0.4, -0.2) is 47.8 Å². The van der Waals surface area contributed by atoms with Crippen molar-refractivity contribution in [2.75, 3.05) is 36.4 Å². The Bertz CT molecular complexity index is 1390. The number of nitrogens with one attached hydrogen (secondary N) is 1. The summed E-state index contributed by atoms with van der Waals surface area (Å²) in [6.07, 6.45) is 1.49. The molecule has 2 aromatic heterocycles. The summed E-state index contributed by atoms with van der Waals surface area (Å²) in [7, 11) is 0. The molecule has 1 aliphatic heterocycles. The summed E-state index contributed by atoms with van der Waals surface area (Å²) < 4.78 is 10.8. The van der Waals surface area contributed by atoms with Crippen molar-refractivity contribution in [2.45, 2.75) is 0 Å². The monoisotopic (exact) mass is 486 g/mol. The topological polar surface area (TPSA) is 122 Å². The Morgan fingerprint density at radius 2 is 1.61 bits per heavy atom. The Hall–Kier alpha value is -4.86. The van der Waals surface area contributed by atoms with Crippen molar-refractivity contribution in [1.29, 1.82) is 0 Å². The highest BCUT2D eigenvalue weighted by Gasteiger charge is 2.24. The Balaban J connectivity index is 1.19. The molecule has 0 aliphatic carbocycles. The lowest BCUT2D eigenvalue weighted by Gasteiger charge is -2.35. The molecule has 182 valence electrons. The van der Waals surface area contributed by atoms with Crippen molar-refractivity contribution in [1.82, 2.24) is 4.90 Å². The molecule has 1 fully saturated rings. The van der Waals surface area contributed by atoms with E-state index < -0.39 is 10.8 Å². The van der Waals surface area contributed by atoms with E-state index >= 15 is 0 Å². The lowest BCUT2D eigenvalue weighted by molar-refractivity contribution is -0.384. The van der Waals surface area contributed by atoms with Gasteiger partial charge in [-0.2, -0.15) is 0 Å². The molecule has 10 heteroatoms. The zero-order valence-electron chi connectivity index (χ0n) is 19.1. The van der Waals surface area contributed by atoms with Gasteiger partial charge in [-0.15, -0.1) is 0 Å².